The summed E-state index contributed by atoms with van der Waals surface area (Å²) in [4.78, 5) is 37.9. The van der Waals surface area contributed by atoms with E-state index in [1.54, 1.807) is 48.5 Å². The van der Waals surface area contributed by atoms with Gasteiger partial charge < -0.3 is 24.6 Å². The first-order chi connectivity index (χ1) is 14.4. The maximum absolute atomic E-state index is 12.9. The summed E-state index contributed by atoms with van der Waals surface area (Å²) in [6, 6.07) is 12.2. The Morgan fingerprint density at radius 2 is 1.73 bits per heavy atom. The minimum Gasteiger partial charge on any atom is -0.507 e. The number of carboxylic acid groups (broad SMARTS) is 1. The van der Waals surface area contributed by atoms with Crippen molar-refractivity contribution in [3.63, 3.8) is 0 Å². The fourth-order valence-corrected chi connectivity index (χ4v) is 3.45. The molecule has 2 aromatic rings. The molecule has 8 heteroatoms. The molecule has 1 fully saturated rings. The van der Waals surface area contributed by atoms with E-state index in [1.165, 1.54) is 14.2 Å². The monoisotopic (exact) mass is 411 g/mol. The summed E-state index contributed by atoms with van der Waals surface area (Å²) >= 11 is 0. The average Bonchev–Trinajstić information content (AvgIpc) is 3.01. The number of Topliss-reactive ketones (excluding diaryl/α,β-unsaturated/α-hetero) is 1. The third-order valence-electron chi connectivity index (χ3n) is 4.89. The standard InChI is InChI=1S/C22H21NO7/c1-29-14-8-9-16(30-2)15(12-14)19-18(20(26)13-6-4-3-5-7-13)21(27)22(28)23(19)11-10-17(24)25/h3-9,12,19,26H,10-11H2,1-2H3,(H,24,25)/t19-/m0/s1. The van der Waals surface area contributed by atoms with E-state index in [-0.39, 0.29) is 24.3 Å². The molecule has 2 N–H and O–H groups in total. The van der Waals surface area contributed by atoms with E-state index in [9.17, 15) is 19.5 Å². The lowest BCUT2D eigenvalue weighted by molar-refractivity contribution is -0.142. The fourth-order valence-electron chi connectivity index (χ4n) is 3.45. The summed E-state index contributed by atoms with van der Waals surface area (Å²) in [7, 11) is 2.91. The molecule has 0 unspecified atom stereocenters. The third kappa shape index (κ3) is 3.84. The number of ketones is 1. The molecule has 8 nitrogen and oxygen atoms in total. The zero-order valence-corrected chi connectivity index (χ0v) is 16.5. The van der Waals surface area contributed by atoms with E-state index in [2.05, 4.69) is 0 Å². The molecule has 0 aliphatic carbocycles. The highest BCUT2D eigenvalue weighted by atomic mass is 16.5. The highest BCUT2D eigenvalue weighted by molar-refractivity contribution is 6.46. The largest absolute Gasteiger partial charge is 0.507 e. The second-order valence-electron chi connectivity index (χ2n) is 6.61. The van der Waals surface area contributed by atoms with Gasteiger partial charge in [-0.2, -0.15) is 0 Å². The minimum atomic E-state index is -1.11. The summed E-state index contributed by atoms with van der Waals surface area (Å²) in [5.74, 6) is -2.42. The van der Waals surface area contributed by atoms with Gasteiger partial charge in [0.2, 0.25) is 0 Å². The van der Waals surface area contributed by atoms with Gasteiger partial charge in [-0.1, -0.05) is 30.3 Å². The van der Waals surface area contributed by atoms with Gasteiger partial charge in [0.05, 0.1) is 32.3 Å². The molecule has 156 valence electrons. The van der Waals surface area contributed by atoms with Crippen LogP contribution in [-0.2, 0) is 14.4 Å². The molecule has 0 aromatic heterocycles. The number of carboxylic acids is 1. The number of amides is 1. The van der Waals surface area contributed by atoms with Crippen molar-refractivity contribution in [3.8, 4) is 11.5 Å². The third-order valence-corrected chi connectivity index (χ3v) is 4.89. The van der Waals surface area contributed by atoms with Crippen LogP contribution in [0.3, 0.4) is 0 Å². The van der Waals surface area contributed by atoms with Crippen LogP contribution in [0.1, 0.15) is 23.6 Å². The summed E-state index contributed by atoms with van der Waals surface area (Å²) in [6.45, 7) is -0.212. The number of aliphatic hydroxyl groups is 1. The molecule has 1 amide bonds. The fraction of sp³-hybridized carbons (Fsp3) is 0.227. The first-order valence-corrected chi connectivity index (χ1v) is 9.16. The minimum absolute atomic E-state index is 0.136. The molecule has 1 aliphatic heterocycles. The zero-order valence-electron chi connectivity index (χ0n) is 16.5. The van der Waals surface area contributed by atoms with Crippen molar-refractivity contribution in [3.05, 3.63) is 65.2 Å². The van der Waals surface area contributed by atoms with Crippen LogP contribution in [0.4, 0.5) is 0 Å². The maximum Gasteiger partial charge on any atom is 0.305 e. The molecule has 1 aliphatic rings. The number of aliphatic carboxylic acids is 1. The van der Waals surface area contributed by atoms with Crippen molar-refractivity contribution >= 4 is 23.4 Å². The number of hydrogen-bond donors (Lipinski definition) is 2. The maximum atomic E-state index is 12.9. The predicted octanol–water partition coefficient (Wildman–Crippen LogP) is 2.60. The van der Waals surface area contributed by atoms with Crippen molar-refractivity contribution in [2.24, 2.45) is 0 Å². The van der Waals surface area contributed by atoms with Crippen LogP contribution in [0, 0.1) is 0 Å². The number of hydrogen-bond acceptors (Lipinski definition) is 6. The van der Waals surface area contributed by atoms with Crippen molar-refractivity contribution in [2.75, 3.05) is 20.8 Å². The second kappa shape index (κ2) is 8.69. The lowest BCUT2D eigenvalue weighted by Crippen LogP contribution is -2.32. The van der Waals surface area contributed by atoms with E-state index >= 15 is 0 Å². The van der Waals surface area contributed by atoms with Crippen LogP contribution in [0.2, 0.25) is 0 Å². The number of ether oxygens (including phenoxy) is 2. The number of carbonyl (C=O) groups excluding carboxylic acids is 2. The number of rotatable bonds is 7. The van der Waals surface area contributed by atoms with Gasteiger partial charge >= 0.3 is 5.97 Å². The Kier molecular flexibility index (Phi) is 6.06. The van der Waals surface area contributed by atoms with Crippen molar-refractivity contribution in [2.45, 2.75) is 12.5 Å². The molecule has 1 heterocycles. The van der Waals surface area contributed by atoms with E-state index in [4.69, 9.17) is 14.6 Å². The average molecular weight is 411 g/mol. The van der Waals surface area contributed by atoms with Crippen LogP contribution in [-0.4, -0.2) is 53.5 Å². The highest BCUT2D eigenvalue weighted by Gasteiger charge is 2.47. The number of nitrogens with zero attached hydrogens (tertiary/aromatic N) is 1. The van der Waals surface area contributed by atoms with Crippen molar-refractivity contribution < 1.29 is 34.1 Å². The zero-order chi connectivity index (χ0) is 21.8. The Bertz CT molecular complexity index is 1010. The molecule has 1 saturated heterocycles. The Morgan fingerprint density at radius 1 is 1.03 bits per heavy atom. The van der Waals surface area contributed by atoms with Crippen LogP contribution >= 0.6 is 0 Å². The Hall–Kier alpha value is -3.81. The summed E-state index contributed by atoms with van der Waals surface area (Å²) in [5.41, 5.74) is 0.627. The van der Waals surface area contributed by atoms with Gasteiger partial charge in [-0.05, 0) is 18.2 Å². The molecule has 0 bridgehead atoms. The Morgan fingerprint density at radius 3 is 2.33 bits per heavy atom. The lowest BCUT2D eigenvalue weighted by atomic mass is 9.94. The van der Waals surface area contributed by atoms with Crippen molar-refractivity contribution in [1.82, 2.24) is 4.90 Å². The lowest BCUT2D eigenvalue weighted by Gasteiger charge is -2.26. The van der Waals surface area contributed by atoms with Crippen molar-refractivity contribution in [1.29, 1.82) is 0 Å². The van der Waals surface area contributed by atoms with E-state index in [1.807, 2.05) is 0 Å². The van der Waals surface area contributed by atoms with E-state index in [0.717, 1.165) is 4.90 Å². The van der Waals surface area contributed by atoms with Gasteiger partial charge in [0, 0.05) is 17.7 Å². The predicted molar refractivity (Wildman–Crippen MR) is 107 cm³/mol. The first kappa shape index (κ1) is 20.9. The number of benzene rings is 2. The second-order valence-corrected chi connectivity index (χ2v) is 6.61. The molecule has 0 radical (unpaired) electrons. The molecular weight excluding hydrogens is 390 g/mol. The van der Waals surface area contributed by atoms with Gasteiger partial charge in [0.15, 0.2) is 0 Å². The van der Waals surface area contributed by atoms with Crippen LogP contribution in [0.5, 0.6) is 11.5 Å². The summed E-state index contributed by atoms with van der Waals surface area (Å²) in [6.07, 6.45) is -0.360. The van der Waals surface area contributed by atoms with Gasteiger partial charge in [0.1, 0.15) is 17.3 Å². The smallest absolute Gasteiger partial charge is 0.305 e. The number of likely N-dealkylation sites (tertiary alicyclic amines) is 1. The molecular formula is C22H21NO7. The number of aliphatic hydroxyl groups excluding tert-OH is 1. The van der Waals surface area contributed by atoms with Crippen LogP contribution in [0.25, 0.3) is 5.76 Å². The quantitative estimate of drug-likeness (QED) is 0.409. The molecule has 2 aromatic carbocycles. The molecule has 0 spiro atoms. The Labute approximate surface area is 173 Å². The molecule has 0 saturated carbocycles. The SMILES string of the molecule is COc1ccc(OC)c([C@H]2C(=C(O)c3ccccc3)C(=O)C(=O)N2CCC(=O)O)c1. The normalized spacial score (nSPS) is 17.8. The van der Waals surface area contributed by atoms with E-state index in [0.29, 0.717) is 22.6 Å². The Balaban J connectivity index is 2.24. The van der Waals surface area contributed by atoms with Gasteiger partial charge in [-0.15, -0.1) is 0 Å². The number of carbonyl (C=O) groups is 3. The van der Waals surface area contributed by atoms with Gasteiger partial charge in [0.25, 0.3) is 11.7 Å². The highest BCUT2D eigenvalue weighted by Crippen LogP contribution is 2.43. The first-order valence-electron chi connectivity index (χ1n) is 9.16. The number of methoxy groups -OCH3 is 2. The van der Waals surface area contributed by atoms with Gasteiger partial charge in [-0.3, -0.25) is 14.4 Å². The van der Waals surface area contributed by atoms with Crippen LogP contribution < -0.4 is 9.47 Å². The topological polar surface area (TPSA) is 113 Å². The summed E-state index contributed by atoms with van der Waals surface area (Å²) < 4.78 is 10.7. The van der Waals surface area contributed by atoms with Crippen LogP contribution in [0.15, 0.2) is 54.1 Å². The molecule has 30 heavy (non-hydrogen) atoms. The van der Waals surface area contributed by atoms with E-state index < -0.39 is 23.7 Å². The van der Waals surface area contributed by atoms with Gasteiger partial charge in [-0.25, -0.2) is 0 Å². The molecule has 1 atom stereocenters. The molecule has 3 rings (SSSR count). The summed E-state index contributed by atoms with van der Waals surface area (Å²) in [5, 5.41) is 20.0.